The molecule has 1 atom stereocenters. The molecule has 0 aliphatic carbocycles. The van der Waals surface area contributed by atoms with Crippen molar-refractivity contribution in [3.63, 3.8) is 0 Å². The van der Waals surface area contributed by atoms with E-state index in [-0.39, 0.29) is 24.0 Å². The highest BCUT2D eigenvalue weighted by molar-refractivity contribution is 5.95. The van der Waals surface area contributed by atoms with Gasteiger partial charge in [-0.25, -0.2) is 0 Å². The highest BCUT2D eigenvalue weighted by atomic mass is 16.6. The van der Waals surface area contributed by atoms with Crippen LogP contribution in [0, 0.1) is 10.1 Å². The Bertz CT molecular complexity index is 772. The molecule has 3 N–H and O–H groups in total. The second kappa shape index (κ2) is 8.02. The Morgan fingerprint density at radius 1 is 1.12 bits per heavy atom. The number of nitro benzene ring substituents is 1. The van der Waals surface area contributed by atoms with Crippen LogP contribution in [0.4, 0.5) is 11.4 Å². The zero-order valence-electron chi connectivity index (χ0n) is 13.4. The summed E-state index contributed by atoms with van der Waals surface area (Å²) >= 11 is 0. The molecule has 0 radical (unpaired) electrons. The number of hydrogen-bond acceptors (Lipinski definition) is 5. The van der Waals surface area contributed by atoms with Gasteiger partial charge in [0.1, 0.15) is 0 Å². The van der Waals surface area contributed by atoms with Crippen LogP contribution in [0.2, 0.25) is 0 Å². The number of aliphatic hydroxyl groups is 1. The maximum atomic E-state index is 12.1. The van der Waals surface area contributed by atoms with Gasteiger partial charge >= 0.3 is 0 Å². The summed E-state index contributed by atoms with van der Waals surface area (Å²) < 4.78 is 0. The molecule has 2 aromatic rings. The van der Waals surface area contributed by atoms with Gasteiger partial charge in [-0.3, -0.25) is 19.7 Å². The summed E-state index contributed by atoms with van der Waals surface area (Å²) in [5, 5.41) is 25.8. The van der Waals surface area contributed by atoms with Gasteiger partial charge in [-0.15, -0.1) is 0 Å². The number of carbonyl (C=O) groups excluding carboxylic acids is 2. The number of aliphatic hydroxyl groups excluding tert-OH is 1. The summed E-state index contributed by atoms with van der Waals surface area (Å²) in [6.45, 7) is 1.35. The molecule has 0 heterocycles. The van der Waals surface area contributed by atoms with Crippen molar-refractivity contribution < 1.29 is 19.6 Å². The van der Waals surface area contributed by atoms with Gasteiger partial charge < -0.3 is 15.7 Å². The highest BCUT2D eigenvalue weighted by Gasteiger charge is 2.13. The second-order valence-electron chi connectivity index (χ2n) is 5.33. The van der Waals surface area contributed by atoms with Crippen molar-refractivity contribution in [2.45, 2.75) is 13.0 Å². The average molecular weight is 343 g/mol. The molecular formula is C17H17N3O5. The van der Waals surface area contributed by atoms with Crippen molar-refractivity contribution in [3.05, 3.63) is 69.8 Å². The minimum Gasteiger partial charge on any atom is -0.387 e. The van der Waals surface area contributed by atoms with E-state index < -0.39 is 11.0 Å². The molecule has 25 heavy (non-hydrogen) atoms. The van der Waals surface area contributed by atoms with Crippen molar-refractivity contribution in [3.8, 4) is 0 Å². The van der Waals surface area contributed by atoms with E-state index in [1.165, 1.54) is 31.2 Å². The maximum Gasteiger partial charge on any atom is 0.269 e. The summed E-state index contributed by atoms with van der Waals surface area (Å²) in [5.41, 5.74) is 1.35. The van der Waals surface area contributed by atoms with E-state index in [4.69, 9.17) is 0 Å². The van der Waals surface area contributed by atoms with Gasteiger partial charge in [-0.2, -0.15) is 0 Å². The van der Waals surface area contributed by atoms with Crippen LogP contribution in [0.1, 0.15) is 28.9 Å². The molecule has 0 unspecified atom stereocenters. The number of nitrogens with zero attached hydrogens (tertiary/aromatic N) is 1. The Labute approximate surface area is 143 Å². The summed E-state index contributed by atoms with van der Waals surface area (Å²) in [4.78, 5) is 33.1. The molecule has 8 heteroatoms. The van der Waals surface area contributed by atoms with Crippen LogP contribution < -0.4 is 10.6 Å². The quantitative estimate of drug-likeness (QED) is 0.547. The number of carbonyl (C=O) groups is 2. The molecule has 0 saturated carbocycles. The zero-order valence-corrected chi connectivity index (χ0v) is 13.4. The summed E-state index contributed by atoms with van der Waals surface area (Å²) in [6, 6.07) is 11.8. The molecule has 2 amide bonds. The minimum absolute atomic E-state index is 0.0376. The fourth-order valence-electron chi connectivity index (χ4n) is 2.14. The lowest BCUT2D eigenvalue weighted by Gasteiger charge is -2.12. The summed E-state index contributed by atoms with van der Waals surface area (Å²) in [5.74, 6) is -0.584. The highest BCUT2D eigenvalue weighted by Crippen LogP contribution is 2.17. The minimum atomic E-state index is -0.983. The van der Waals surface area contributed by atoms with Gasteiger partial charge in [-0.05, 0) is 42.0 Å². The number of benzene rings is 2. The summed E-state index contributed by atoms with van der Waals surface area (Å²) in [6.07, 6.45) is -0.983. The van der Waals surface area contributed by atoms with Gasteiger partial charge in [0.25, 0.3) is 11.6 Å². The first-order valence-electron chi connectivity index (χ1n) is 7.45. The third-order valence-electron chi connectivity index (χ3n) is 3.41. The van der Waals surface area contributed by atoms with Crippen molar-refractivity contribution in [1.82, 2.24) is 5.32 Å². The van der Waals surface area contributed by atoms with E-state index in [0.29, 0.717) is 16.8 Å². The number of rotatable bonds is 6. The topological polar surface area (TPSA) is 122 Å². The molecule has 0 spiro atoms. The molecule has 0 aromatic heterocycles. The van der Waals surface area contributed by atoms with Crippen LogP contribution >= 0.6 is 0 Å². The van der Waals surface area contributed by atoms with Crippen molar-refractivity contribution in [2.24, 2.45) is 0 Å². The van der Waals surface area contributed by atoms with E-state index in [0.717, 1.165) is 0 Å². The fraction of sp³-hybridized carbons (Fsp3) is 0.176. The van der Waals surface area contributed by atoms with Crippen LogP contribution in [-0.4, -0.2) is 28.4 Å². The van der Waals surface area contributed by atoms with Gasteiger partial charge in [0, 0.05) is 36.9 Å². The first kappa shape index (κ1) is 18.1. The Morgan fingerprint density at radius 3 is 2.24 bits per heavy atom. The SMILES string of the molecule is CC(=O)Nc1ccc(C(=O)NC[C@H](O)c2ccc([N+](=O)[O-])cc2)cc1. The molecule has 0 aliphatic rings. The van der Waals surface area contributed by atoms with E-state index >= 15 is 0 Å². The Hall–Kier alpha value is -3.26. The molecule has 0 saturated heterocycles. The number of nitro groups is 1. The molecule has 0 bridgehead atoms. The first-order valence-corrected chi connectivity index (χ1v) is 7.45. The standard InChI is InChI=1S/C17H17N3O5/c1-11(21)19-14-6-2-13(3-7-14)17(23)18-10-16(22)12-4-8-15(9-5-12)20(24)25/h2-9,16,22H,10H2,1H3,(H,18,23)(H,19,21)/t16-/m0/s1. The third-order valence-corrected chi connectivity index (χ3v) is 3.41. The number of anilines is 1. The number of nitrogens with one attached hydrogen (secondary N) is 2. The van der Waals surface area contributed by atoms with Gasteiger partial charge in [0.2, 0.25) is 5.91 Å². The molecule has 2 rings (SSSR count). The van der Waals surface area contributed by atoms with E-state index in [9.17, 15) is 24.8 Å². The van der Waals surface area contributed by atoms with E-state index in [1.807, 2.05) is 0 Å². The summed E-state index contributed by atoms with van der Waals surface area (Å²) in [7, 11) is 0. The van der Waals surface area contributed by atoms with E-state index in [2.05, 4.69) is 10.6 Å². The van der Waals surface area contributed by atoms with Crippen LogP contribution in [-0.2, 0) is 4.79 Å². The van der Waals surface area contributed by atoms with Crippen molar-refractivity contribution >= 4 is 23.2 Å². The maximum absolute atomic E-state index is 12.1. The monoisotopic (exact) mass is 343 g/mol. The number of amides is 2. The second-order valence-corrected chi connectivity index (χ2v) is 5.33. The first-order chi connectivity index (χ1) is 11.9. The average Bonchev–Trinajstić information content (AvgIpc) is 2.59. The smallest absolute Gasteiger partial charge is 0.269 e. The zero-order chi connectivity index (χ0) is 18.4. The largest absolute Gasteiger partial charge is 0.387 e. The molecular weight excluding hydrogens is 326 g/mol. The van der Waals surface area contributed by atoms with Crippen molar-refractivity contribution in [1.29, 1.82) is 0 Å². The Morgan fingerprint density at radius 2 is 1.72 bits per heavy atom. The van der Waals surface area contributed by atoms with Gasteiger partial charge in [0.05, 0.1) is 11.0 Å². The van der Waals surface area contributed by atoms with Gasteiger partial charge in [0.15, 0.2) is 0 Å². The van der Waals surface area contributed by atoms with Crippen molar-refractivity contribution in [2.75, 3.05) is 11.9 Å². The van der Waals surface area contributed by atoms with E-state index in [1.54, 1.807) is 24.3 Å². The molecule has 0 fully saturated rings. The normalized spacial score (nSPS) is 11.4. The Kier molecular flexibility index (Phi) is 5.80. The van der Waals surface area contributed by atoms with Crippen LogP contribution in [0.5, 0.6) is 0 Å². The predicted molar refractivity (Wildman–Crippen MR) is 91.1 cm³/mol. The molecule has 0 aliphatic heterocycles. The van der Waals surface area contributed by atoms with Crippen LogP contribution in [0.25, 0.3) is 0 Å². The lowest BCUT2D eigenvalue weighted by atomic mass is 10.1. The lowest BCUT2D eigenvalue weighted by molar-refractivity contribution is -0.384. The number of non-ortho nitro benzene ring substituents is 1. The molecule has 2 aromatic carbocycles. The number of hydrogen-bond donors (Lipinski definition) is 3. The van der Waals surface area contributed by atoms with Gasteiger partial charge in [-0.1, -0.05) is 0 Å². The van der Waals surface area contributed by atoms with Crippen LogP contribution in [0.3, 0.4) is 0 Å². The molecule has 130 valence electrons. The Balaban J connectivity index is 1.92. The van der Waals surface area contributed by atoms with Crippen LogP contribution in [0.15, 0.2) is 48.5 Å². The molecule has 8 nitrogen and oxygen atoms in total. The predicted octanol–water partition coefficient (Wildman–Crippen LogP) is 2.02. The lowest BCUT2D eigenvalue weighted by Crippen LogP contribution is -2.28. The third kappa shape index (κ3) is 5.11. The fourth-order valence-corrected chi connectivity index (χ4v) is 2.14.